The van der Waals surface area contributed by atoms with Gasteiger partial charge in [-0.05, 0) is 41.0 Å². The number of nitrogens with one attached hydrogen (secondary N) is 1. The van der Waals surface area contributed by atoms with Crippen LogP contribution in [-0.2, 0) is 0 Å². The van der Waals surface area contributed by atoms with Crippen LogP contribution >= 0.6 is 39.9 Å². The van der Waals surface area contributed by atoms with Crippen molar-refractivity contribution in [1.82, 2.24) is 10.2 Å². The van der Waals surface area contributed by atoms with E-state index < -0.39 is 5.82 Å². The molecule has 0 radical (unpaired) electrons. The second kappa shape index (κ2) is 6.88. The van der Waals surface area contributed by atoms with E-state index in [1.165, 1.54) is 6.07 Å². The number of benzene rings is 1. The van der Waals surface area contributed by atoms with E-state index in [1.54, 1.807) is 11.9 Å². The molecule has 1 N–H and O–H groups in total. The second-order valence-corrected chi connectivity index (χ2v) is 5.57. The van der Waals surface area contributed by atoms with Gasteiger partial charge in [-0.1, -0.05) is 11.6 Å². The van der Waals surface area contributed by atoms with Gasteiger partial charge < -0.3 is 10.2 Å². The quantitative estimate of drug-likeness (QED) is 0.810. The highest BCUT2D eigenvalue weighted by atomic mass is 79.9. The number of carbonyl (C=O) groups is 1. The Labute approximate surface area is 131 Å². The fourth-order valence-corrected chi connectivity index (χ4v) is 2.51. The summed E-state index contributed by atoms with van der Waals surface area (Å²) >= 11 is 8.97. The van der Waals surface area contributed by atoms with Gasteiger partial charge in [0.05, 0.1) is 10.6 Å². The summed E-state index contributed by atoms with van der Waals surface area (Å²) in [5, 5.41) is 3.44. The number of nitrogens with zero attached hydrogens (tertiary/aromatic N) is 1. The topological polar surface area (TPSA) is 32.3 Å². The normalized spacial score (nSPS) is 18.0. The van der Waals surface area contributed by atoms with Crippen LogP contribution in [0.4, 0.5) is 4.39 Å². The first kappa shape index (κ1) is 16.7. The van der Waals surface area contributed by atoms with Crippen molar-refractivity contribution in [3.8, 4) is 0 Å². The molecule has 1 aliphatic heterocycles. The second-order valence-electron chi connectivity index (χ2n) is 4.31. The van der Waals surface area contributed by atoms with Crippen molar-refractivity contribution in [2.45, 2.75) is 12.5 Å². The van der Waals surface area contributed by atoms with E-state index in [2.05, 4.69) is 21.2 Å². The van der Waals surface area contributed by atoms with E-state index >= 15 is 0 Å². The summed E-state index contributed by atoms with van der Waals surface area (Å²) in [7, 11) is 1.70. The number of hydrogen-bond donors (Lipinski definition) is 1. The largest absolute Gasteiger partial charge is 0.337 e. The van der Waals surface area contributed by atoms with Gasteiger partial charge in [-0.3, -0.25) is 4.79 Å². The van der Waals surface area contributed by atoms with Crippen LogP contribution in [0.1, 0.15) is 16.8 Å². The molecule has 106 valence electrons. The monoisotopic (exact) mass is 370 g/mol. The molecule has 0 aromatic heterocycles. The van der Waals surface area contributed by atoms with Crippen molar-refractivity contribution in [1.29, 1.82) is 0 Å². The first-order chi connectivity index (χ1) is 8.50. The Kier molecular flexibility index (Phi) is 6.05. The van der Waals surface area contributed by atoms with E-state index in [9.17, 15) is 9.18 Å². The molecule has 1 fully saturated rings. The van der Waals surface area contributed by atoms with E-state index in [-0.39, 0.29) is 34.9 Å². The van der Waals surface area contributed by atoms with Crippen LogP contribution in [0.15, 0.2) is 16.6 Å². The predicted molar refractivity (Wildman–Crippen MR) is 79.7 cm³/mol. The maximum absolute atomic E-state index is 13.8. The summed E-state index contributed by atoms with van der Waals surface area (Å²) in [4.78, 5) is 13.8. The van der Waals surface area contributed by atoms with Crippen molar-refractivity contribution in [2.75, 3.05) is 20.1 Å². The molecule has 3 nitrogen and oxygen atoms in total. The molecule has 1 atom stereocenters. The zero-order valence-electron chi connectivity index (χ0n) is 10.3. The highest BCUT2D eigenvalue weighted by Crippen LogP contribution is 2.26. The van der Waals surface area contributed by atoms with Crippen molar-refractivity contribution in [3.05, 3.63) is 33.0 Å². The zero-order chi connectivity index (χ0) is 13.3. The molecule has 7 heteroatoms. The third-order valence-corrected chi connectivity index (χ3v) is 4.34. The van der Waals surface area contributed by atoms with Crippen LogP contribution in [0.2, 0.25) is 5.02 Å². The fourth-order valence-electron chi connectivity index (χ4n) is 2.01. The molecule has 0 bridgehead atoms. The maximum atomic E-state index is 13.8. The van der Waals surface area contributed by atoms with E-state index in [4.69, 9.17) is 11.6 Å². The molecular weight excluding hydrogens is 358 g/mol. The Morgan fingerprint density at radius 1 is 1.58 bits per heavy atom. The summed E-state index contributed by atoms with van der Waals surface area (Å²) in [6, 6.07) is 2.70. The molecule has 1 amide bonds. The molecular formula is C12H14BrCl2FN2O. The van der Waals surface area contributed by atoms with Gasteiger partial charge in [-0.15, -0.1) is 12.4 Å². The molecule has 1 saturated heterocycles. The van der Waals surface area contributed by atoms with Gasteiger partial charge >= 0.3 is 0 Å². The van der Waals surface area contributed by atoms with Crippen LogP contribution in [-0.4, -0.2) is 37.0 Å². The maximum Gasteiger partial charge on any atom is 0.256 e. The lowest BCUT2D eigenvalue weighted by Gasteiger charge is -2.24. The lowest BCUT2D eigenvalue weighted by Crippen LogP contribution is -2.38. The van der Waals surface area contributed by atoms with Gasteiger partial charge in [-0.25, -0.2) is 4.39 Å². The average molecular weight is 372 g/mol. The van der Waals surface area contributed by atoms with Gasteiger partial charge in [0.15, 0.2) is 0 Å². The number of likely N-dealkylation sites (N-methyl/N-ethyl adjacent to an activating group) is 1. The van der Waals surface area contributed by atoms with Gasteiger partial charge in [0.1, 0.15) is 5.82 Å². The van der Waals surface area contributed by atoms with Crippen molar-refractivity contribution in [2.24, 2.45) is 0 Å². The molecule has 1 aliphatic rings. The predicted octanol–water partition coefficient (Wildman–Crippen LogP) is 3.10. The molecule has 1 aromatic rings. The standard InChI is InChI=1S/C12H13BrClFN2O.ClH/c1-17(7-2-3-16-6-7)12(18)8-4-9(13)10(14)5-11(8)15;/h4-5,7,16H,2-3,6H2,1H3;1H/t7-;/m0./s1. The van der Waals surface area contributed by atoms with E-state index in [0.29, 0.717) is 4.47 Å². The Hall–Kier alpha value is -0.360. The Morgan fingerprint density at radius 2 is 2.26 bits per heavy atom. The first-order valence-corrected chi connectivity index (χ1v) is 6.80. The highest BCUT2D eigenvalue weighted by Gasteiger charge is 2.26. The highest BCUT2D eigenvalue weighted by molar-refractivity contribution is 9.10. The Balaban J connectivity index is 0.00000180. The van der Waals surface area contributed by atoms with Crippen LogP contribution < -0.4 is 5.32 Å². The lowest BCUT2D eigenvalue weighted by molar-refractivity contribution is 0.0739. The summed E-state index contributed by atoms with van der Waals surface area (Å²) in [6.07, 6.45) is 0.888. The Bertz CT molecular complexity index is 481. The van der Waals surface area contributed by atoms with Crippen LogP contribution in [0.3, 0.4) is 0 Å². The van der Waals surface area contributed by atoms with E-state index in [1.807, 2.05) is 0 Å². The van der Waals surface area contributed by atoms with Crippen LogP contribution in [0, 0.1) is 5.82 Å². The molecule has 0 aliphatic carbocycles. The summed E-state index contributed by atoms with van der Waals surface area (Å²) in [5.74, 6) is -0.912. The molecule has 0 spiro atoms. The minimum atomic E-state index is -0.592. The summed E-state index contributed by atoms with van der Waals surface area (Å²) in [5.41, 5.74) is 0.0423. The smallest absolute Gasteiger partial charge is 0.256 e. The van der Waals surface area contributed by atoms with Gasteiger partial charge in [0.25, 0.3) is 5.91 Å². The van der Waals surface area contributed by atoms with Gasteiger partial charge in [0.2, 0.25) is 0 Å². The van der Waals surface area contributed by atoms with Crippen LogP contribution in [0.25, 0.3) is 0 Å². The Morgan fingerprint density at radius 3 is 2.84 bits per heavy atom. The SMILES string of the molecule is CN(C(=O)c1cc(Br)c(Cl)cc1F)[C@H]1CCNC1.Cl. The van der Waals surface area contributed by atoms with Crippen LogP contribution in [0.5, 0.6) is 0 Å². The third-order valence-electron chi connectivity index (χ3n) is 3.14. The first-order valence-electron chi connectivity index (χ1n) is 5.63. The van der Waals surface area contributed by atoms with E-state index in [0.717, 1.165) is 25.6 Å². The number of rotatable bonds is 2. The molecule has 19 heavy (non-hydrogen) atoms. The molecule has 2 rings (SSSR count). The molecule has 0 unspecified atom stereocenters. The number of halogens is 4. The van der Waals surface area contributed by atoms with Gasteiger partial charge in [-0.2, -0.15) is 0 Å². The lowest BCUT2D eigenvalue weighted by atomic mass is 10.1. The number of hydrogen-bond acceptors (Lipinski definition) is 2. The number of carbonyl (C=O) groups excluding carboxylic acids is 1. The molecule has 1 aromatic carbocycles. The zero-order valence-corrected chi connectivity index (χ0v) is 13.4. The summed E-state index contributed by atoms with van der Waals surface area (Å²) < 4.78 is 14.3. The number of amides is 1. The van der Waals surface area contributed by atoms with Gasteiger partial charge in [0, 0.05) is 24.1 Å². The van der Waals surface area contributed by atoms with Crippen molar-refractivity contribution < 1.29 is 9.18 Å². The summed E-state index contributed by atoms with van der Waals surface area (Å²) in [6.45, 7) is 1.63. The third kappa shape index (κ3) is 3.60. The average Bonchev–Trinajstić information content (AvgIpc) is 2.85. The van der Waals surface area contributed by atoms with Crippen molar-refractivity contribution >= 4 is 45.8 Å². The molecule has 1 heterocycles. The minimum absolute atomic E-state index is 0. The molecule has 0 saturated carbocycles. The minimum Gasteiger partial charge on any atom is -0.337 e. The fraction of sp³-hybridized carbons (Fsp3) is 0.417. The van der Waals surface area contributed by atoms with Crippen molar-refractivity contribution in [3.63, 3.8) is 0 Å².